The van der Waals surface area contributed by atoms with Crippen molar-refractivity contribution in [1.29, 1.82) is 0 Å². The van der Waals surface area contributed by atoms with Crippen molar-refractivity contribution in [2.75, 3.05) is 11.0 Å². The lowest BCUT2D eigenvalue weighted by Gasteiger charge is -2.06. The zero-order chi connectivity index (χ0) is 13.9. The molecule has 0 amide bonds. The molecule has 2 aromatic rings. The van der Waals surface area contributed by atoms with E-state index >= 15 is 0 Å². The van der Waals surface area contributed by atoms with Crippen molar-refractivity contribution in [2.24, 2.45) is 5.73 Å². The van der Waals surface area contributed by atoms with Gasteiger partial charge in [0.05, 0.1) is 12.2 Å². The molecule has 0 spiro atoms. The number of thioether (sulfide) groups is 1. The second kappa shape index (κ2) is 5.68. The molecule has 0 atom stereocenters. The van der Waals surface area contributed by atoms with Gasteiger partial charge in [-0.1, -0.05) is 6.07 Å². The van der Waals surface area contributed by atoms with Crippen LogP contribution in [0.4, 0.5) is 5.69 Å². The molecule has 19 heavy (non-hydrogen) atoms. The van der Waals surface area contributed by atoms with Gasteiger partial charge >= 0.3 is 0 Å². The molecule has 2 rings (SSSR count). The van der Waals surface area contributed by atoms with Gasteiger partial charge < -0.3 is 10.2 Å². The Bertz CT molecular complexity index is 665. The highest BCUT2D eigenvalue weighted by Crippen LogP contribution is 2.22. The molecule has 1 heterocycles. The fourth-order valence-corrected chi connectivity index (χ4v) is 2.97. The lowest BCUT2D eigenvalue weighted by molar-refractivity contribution is 0.417. The molecule has 0 fully saturated rings. The third kappa shape index (κ3) is 3.31. The van der Waals surface area contributed by atoms with Gasteiger partial charge in [0.2, 0.25) is 5.09 Å². The average molecular weight is 298 g/mol. The van der Waals surface area contributed by atoms with Crippen molar-refractivity contribution in [3.05, 3.63) is 42.2 Å². The maximum atomic E-state index is 12.1. The van der Waals surface area contributed by atoms with Crippen LogP contribution in [0.1, 0.15) is 5.76 Å². The molecule has 3 N–H and O–H groups in total. The van der Waals surface area contributed by atoms with Crippen molar-refractivity contribution in [2.45, 2.75) is 16.5 Å². The lowest BCUT2D eigenvalue weighted by atomic mass is 10.3. The summed E-state index contributed by atoms with van der Waals surface area (Å²) in [5, 5.41) is -0.137. The SMILES string of the molecule is CSc1cccc(NS(=O)(=O)c2ccc(CN)o2)c1. The molecule has 0 unspecified atom stereocenters. The molecule has 7 heteroatoms. The van der Waals surface area contributed by atoms with Crippen molar-refractivity contribution in [3.8, 4) is 0 Å². The Balaban J connectivity index is 2.25. The number of nitrogens with one attached hydrogen (secondary N) is 1. The summed E-state index contributed by atoms with van der Waals surface area (Å²) in [6, 6.07) is 10.1. The predicted molar refractivity (Wildman–Crippen MR) is 75.6 cm³/mol. The van der Waals surface area contributed by atoms with E-state index in [0.29, 0.717) is 11.4 Å². The number of rotatable bonds is 5. The van der Waals surface area contributed by atoms with Crippen LogP contribution in [0.3, 0.4) is 0 Å². The Hall–Kier alpha value is -1.44. The Labute approximate surface area is 116 Å². The average Bonchev–Trinajstić information content (AvgIpc) is 2.88. The quantitative estimate of drug-likeness (QED) is 0.827. The number of hydrogen-bond acceptors (Lipinski definition) is 5. The Morgan fingerprint density at radius 3 is 2.74 bits per heavy atom. The van der Waals surface area contributed by atoms with Crippen molar-refractivity contribution in [1.82, 2.24) is 0 Å². The van der Waals surface area contributed by atoms with Gasteiger partial charge in [0.1, 0.15) is 5.76 Å². The minimum Gasteiger partial charge on any atom is -0.446 e. The van der Waals surface area contributed by atoms with Gasteiger partial charge in [0.25, 0.3) is 10.0 Å². The van der Waals surface area contributed by atoms with E-state index in [0.717, 1.165) is 4.90 Å². The third-order valence-electron chi connectivity index (χ3n) is 2.42. The number of nitrogens with two attached hydrogens (primary N) is 1. The minimum atomic E-state index is -3.71. The molecular weight excluding hydrogens is 284 g/mol. The monoisotopic (exact) mass is 298 g/mol. The molecule has 0 aliphatic heterocycles. The molecular formula is C12H14N2O3S2. The molecule has 0 saturated carbocycles. The minimum absolute atomic E-state index is 0.137. The van der Waals surface area contributed by atoms with Crippen LogP contribution in [-0.2, 0) is 16.6 Å². The van der Waals surface area contributed by atoms with E-state index < -0.39 is 10.0 Å². The van der Waals surface area contributed by atoms with Gasteiger partial charge in [-0.05, 0) is 36.6 Å². The zero-order valence-corrected chi connectivity index (χ0v) is 11.9. The maximum Gasteiger partial charge on any atom is 0.295 e. The Morgan fingerprint density at radius 1 is 1.32 bits per heavy atom. The van der Waals surface area contributed by atoms with Crippen LogP contribution in [0.5, 0.6) is 0 Å². The normalized spacial score (nSPS) is 11.5. The van der Waals surface area contributed by atoms with Crippen LogP contribution in [0.15, 0.2) is 50.8 Å². The summed E-state index contributed by atoms with van der Waals surface area (Å²) in [6.45, 7) is 0.164. The van der Waals surface area contributed by atoms with E-state index in [9.17, 15) is 8.42 Å². The lowest BCUT2D eigenvalue weighted by Crippen LogP contribution is -2.12. The number of hydrogen-bond donors (Lipinski definition) is 2. The molecule has 5 nitrogen and oxygen atoms in total. The van der Waals surface area contributed by atoms with Gasteiger partial charge in [0, 0.05) is 4.90 Å². The van der Waals surface area contributed by atoms with E-state index in [1.807, 2.05) is 12.3 Å². The second-order valence-electron chi connectivity index (χ2n) is 3.76. The first kappa shape index (κ1) is 14.0. The van der Waals surface area contributed by atoms with Crippen LogP contribution in [-0.4, -0.2) is 14.7 Å². The Morgan fingerprint density at radius 2 is 2.11 bits per heavy atom. The smallest absolute Gasteiger partial charge is 0.295 e. The van der Waals surface area contributed by atoms with Gasteiger partial charge in [-0.25, -0.2) is 0 Å². The summed E-state index contributed by atoms with van der Waals surface area (Å²) in [4.78, 5) is 0.974. The first-order valence-corrected chi connectivity index (χ1v) is 8.21. The van der Waals surface area contributed by atoms with Crippen LogP contribution < -0.4 is 10.5 Å². The first-order chi connectivity index (χ1) is 9.05. The van der Waals surface area contributed by atoms with Gasteiger partial charge in [-0.2, -0.15) is 8.42 Å². The van der Waals surface area contributed by atoms with Gasteiger partial charge in [0.15, 0.2) is 0 Å². The van der Waals surface area contributed by atoms with Crippen molar-refractivity contribution in [3.63, 3.8) is 0 Å². The molecule has 0 radical (unpaired) electrons. The molecule has 1 aromatic heterocycles. The Kier molecular flexibility index (Phi) is 4.18. The molecule has 0 aliphatic rings. The van der Waals surface area contributed by atoms with Gasteiger partial charge in [-0.3, -0.25) is 4.72 Å². The summed E-state index contributed by atoms with van der Waals surface area (Å²) < 4.78 is 31.8. The van der Waals surface area contributed by atoms with Crippen LogP contribution in [0.25, 0.3) is 0 Å². The summed E-state index contributed by atoms with van der Waals surface area (Å²) in [6.07, 6.45) is 1.92. The van der Waals surface area contributed by atoms with Crippen LogP contribution in [0.2, 0.25) is 0 Å². The summed E-state index contributed by atoms with van der Waals surface area (Å²) in [5.41, 5.74) is 5.88. The van der Waals surface area contributed by atoms with Gasteiger partial charge in [-0.15, -0.1) is 11.8 Å². The fourth-order valence-electron chi connectivity index (χ4n) is 1.50. The second-order valence-corrected chi connectivity index (χ2v) is 6.26. The van der Waals surface area contributed by atoms with Crippen LogP contribution >= 0.6 is 11.8 Å². The number of furan rings is 1. The standard InChI is InChI=1S/C12H14N2O3S2/c1-18-11-4-2-3-9(7-11)14-19(15,16)12-6-5-10(8-13)17-12/h2-7,14H,8,13H2,1H3. The highest BCUT2D eigenvalue weighted by Gasteiger charge is 2.18. The number of benzene rings is 1. The number of anilines is 1. The molecule has 0 saturated heterocycles. The third-order valence-corrected chi connectivity index (χ3v) is 4.40. The fraction of sp³-hybridized carbons (Fsp3) is 0.167. The topological polar surface area (TPSA) is 85.3 Å². The summed E-state index contributed by atoms with van der Waals surface area (Å²) in [7, 11) is -3.71. The largest absolute Gasteiger partial charge is 0.446 e. The molecule has 1 aromatic carbocycles. The highest BCUT2D eigenvalue weighted by molar-refractivity contribution is 7.98. The zero-order valence-electron chi connectivity index (χ0n) is 10.3. The molecule has 102 valence electrons. The highest BCUT2D eigenvalue weighted by atomic mass is 32.2. The summed E-state index contributed by atoms with van der Waals surface area (Å²) >= 11 is 1.54. The van der Waals surface area contributed by atoms with E-state index in [1.165, 1.54) is 17.8 Å². The first-order valence-electron chi connectivity index (χ1n) is 5.51. The maximum absolute atomic E-state index is 12.1. The van der Waals surface area contributed by atoms with E-state index in [1.54, 1.807) is 24.3 Å². The number of sulfonamides is 1. The molecule has 0 bridgehead atoms. The summed E-state index contributed by atoms with van der Waals surface area (Å²) in [5.74, 6) is 0.429. The van der Waals surface area contributed by atoms with Crippen LogP contribution in [0, 0.1) is 0 Å². The van der Waals surface area contributed by atoms with E-state index in [4.69, 9.17) is 10.2 Å². The van der Waals surface area contributed by atoms with Crippen molar-refractivity contribution < 1.29 is 12.8 Å². The van der Waals surface area contributed by atoms with E-state index in [-0.39, 0.29) is 11.6 Å². The van der Waals surface area contributed by atoms with Crippen molar-refractivity contribution >= 4 is 27.5 Å². The van der Waals surface area contributed by atoms with E-state index in [2.05, 4.69) is 4.72 Å². The molecule has 0 aliphatic carbocycles. The predicted octanol–water partition coefficient (Wildman–Crippen LogP) is 2.26.